The summed E-state index contributed by atoms with van der Waals surface area (Å²) in [6.07, 6.45) is 0. The topological polar surface area (TPSA) is 55.4 Å². The Bertz CT molecular complexity index is 414. The van der Waals surface area contributed by atoms with Crippen LogP contribution in [0.3, 0.4) is 0 Å². The van der Waals surface area contributed by atoms with Crippen molar-refractivity contribution in [1.82, 2.24) is 0 Å². The van der Waals surface area contributed by atoms with Crippen LogP contribution in [-0.4, -0.2) is 34.9 Å². The third-order valence-corrected chi connectivity index (χ3v) is 3.71. The van der Waals surface area contributed by atoms with Gasteiger partial charge in [-0.15, -0.1) is 0 Å². The highest BCUT2D eigenvalue weighted by Gasteiger charge is 2.13. The minimum absolute atomic E-state index is 0.0106. The van der Waals surface area contributed by atoms with E-state index in [2.05, 4.69) is 5.32 Å². The molecule has 15 heavy (non-hydrogen) atoms. The summed E-state index contributed by atoms with van der Waals surface area (Å²) >= 11 is 0. The highest BCUT2D eigenvalue weighted by atomic mass is 32.2. The Morgan fingerprint density at radius 2 is 2.13 bits per heavy atom. The van der Waals surface area contributed by atoms with Gasteiger partial charge in [-0.05, 0) is 18.2 Å². The van der Waals surface area contributed by atoms with E-state index in [0.717, 1.165) is 5.69 Å². The van der Waals surface area contributed by atoms with E-state index in [1.54, 1.807) is 25.2 Å². The number of hydrogen-bond acceptors (Lipinski definition) is 4. The van der Waals surface area contributed by atoms with Gasteiger partial charge >= 0.3 is 0 Å². The molecule has 0 heterocycles. The van der Waals surface area contributed by atoms with Crippen molar-refractivity contribution in [3.05, 3.63) is 24.3 Å². The van der Waals surface area contributed by atoms with Crippen molar-refractivity contribution in [3.63, 3.8) is 0 Å². The van der Waals surface area contributed by atoms with Gasteiger partial charge in [0, 0.05) is 19.8 Å². The SMILES string of the molecule is CNc1cccc(S(=O)(=O)CCOC)c1. The van der Waals surface area contributed by atoms with Crippen LogP contribution in [0.15, 0.2) is 29.2 Å². The van der Waals surface area contributed by atoms with Crippen LogP contribution in [0.2, 0.25) is 0 Å². The fourth-order valence-electron chi connectivity index (χ4n) is 1.16. The van der Waals surface area contributed by atoms with Crippen molar-refractivity contribution in [2.45, 2.75) is 4.90 Å². The van der Waals surface area contributed by atoms with Crippen LogP contribution in [0.5, 0.6) is 0 Å². The number of anilines is 1. The summed E-state index contributed by atoms with van der Waals surface area (Å²) in [4.78, 5) is 0.325. The standard InChI is InChI=1S/C10H15NO3S/c1-11-9-4-3-5-10(8-9)15(12,13)7-6-14-2/h3-5,8,11H,6-7H2,1-2H3. The van der Waals surface area contributed by atoms with E-state index in [1.807, 2.05) is 6.07 Å². The van der Waals surface area contributed by atoms with Gasteiger partial charge in [-0.25, -0.2) is 8.42 Å². The van der Waals surface area contributed by atoms with Gasteiger partial charge in [0.25, 0.3) is 0 Å². The highest BCUT2D eigenvalue weighted by Crippen LogP contribution is 2.16. The van der Waals surface area contributed by atoms with E-state index in [0.29, 0.717) is 4.90 Å². The van der Waals surface area contributed by atoms with Crippen LogP contribution >= 0.6 is 0 Å². The molecule has 0 radical (unpaired) electrons. The molecule has 5 heteroatoms. The fraction of sp³-hybridized carbons (Fsp3) is 0.400. The molecule has 0 bridgehead atoms. The Hall–Kier alpha value is -1.07. The first-order valence-corrected chi connectivity index (χ1v) is 6.25. The zero-order valence-electron chi connectivity index (χ0n) is 8.86. The molecule has 0 unspecified atom stereocenters. The molecule has 0 saturated heterocycles. The molecule has 0 aromatic heterocycles. The number of nitrogens with one attached hydrogen (secondary N) is 1. The number of benzene rings is 1. The third kappa shape index (κ3) is 3.21. The van der Waals surface area contributed by atoms with Crippen molar-refractivity contribution in [2.75, 3.05) is 31.8 Å². The first-order chi connectivity index (χ1) is 7.10. The fourth-order valence-corrected chi connectivity index (χ4v) is 2.37. The van der Waals surface area contributed by atoms with E-state index < -0.39 is 9.84 Å². The summed E-state index contributed by atoms with van der Waals surface area (Å²) in [5.41, 5.74) is 0.786. The van der Waals surface area contributed by atoms with E-state index in [-0.39, 0.29) is 12.4 Å². The molecule has 0 aliphatic rings. The van der Waals surface area contributed by atoms with Crippen LogP contribution in [0.4, 0.5) is 5.69 Å². The lowest BCUT2D eigenvalue weighted by Gasteiger charge is -2.05. The predicted octanol–water partition coefficient (Wildman–Crippen LogP) is 1.15. The Kier molecular flexibility index (Phi) is 4.11. The second-order valence-corrected chi connectivity index (χ2v) is 5.20. The van der Waals surface area contributed by atoms with Gasteiger partial charge in [-0.2, -0.15) is 0 Å². The second-order valence-electron chi connectivity index (χ2n) is 3.09. The molecule has 1 N–H and O–H groups in total. The largest absolute Gasteiger partial charge is 0.388 e. The Labute approximate surface area is 90.2 Å². The number of sulfone groups is 1. The zero-order valence-corrected chi connectivity index (χ0v) is 9.67. The summed E-state index contributed by atoms with van der Waals surface area (Å²) in [5, 5.41) is 2.90. The molecule has 0 aliphatic heterocycles. The summed E-state index contributed by atoms with van der Waals surface area (Å²) < 4.78 is 28.3. The van der Waals surface area contributed by atoms with Crippen molar-refractivity contribution in [1.29, 1.82) is 0 Å². The van der Waals surface area contributed by atoms with Gasteiger partial charge in [-0.1, -0.05) is 6.07 Å². The minimum atomic E-state index is -3.22. The Morgan fingerprint density at radius 3 is 2.73 bits per heavy atom. The first kappa shape index (κ1) is 12.0. The van der Waals surface area contributed by atoms with Gasteiger partial charge in [0.2, 0.25) is 0 Å². The molecule has 0 aliphatic carbocycles. The molecular weight excluding hydrogens is 214 g/mol. The maximum Gasteiger partial charge on any atom is 0.180 e. The maximum atomic E-state index is 11.8. The lowest BCUT2D eigenvalue weighted by atomic mass is 10.3. The molecule has 4 nitrogen and oxygen atoms in total. The molecule has 1 rings (SSSR count). The lowest BCUT2D eigenvalue weighted by molar-refractivity contribution is 0.217. The smallest absolute Gasteiger partial charge is 0.180 e. The average Bonchev–Trinajstić information content (AvgIpc) is 2.26. The van der Waals surface area contributed by atoms with Crippen LogP contribution in [-0.2, 0) is 14.6 Å². The molecular formula is C10H15NO3S. The first-order valence-electron chi connectivity index (χ1n) is 4.59. The molecule has 0 spiro atoms. The van der Waals surface area contributed by atoms with Gasteiger partial charge in [0.05, 0.1) is 17.3 Å². The van der Waals surface area contributed by atoms with E-state index >= 15 is 0 Å². The summed E-state index contributed by atoms with van der Waals surface area (Å²) in [5.74, 6) is 0.0106. The van der Waals surface area contributed by atoms with Gasteiger partial charge in [0.1, 0.15) is 0 Å². The van der Waals surface area contributed by atoms with Gasteiger partial charge < -0.3 is 10.1 Å². The van der Waals surface area contributed by atoms with E-state index in [4.69, 9.17) is 4.74 Å². The molecule has 0 amide bonds. The van der Waals surface area contributed by atoms with Crippen molar-refractivity contribution in [2.24, 2.45) is 0 Å². The number of hydrogen-bond donors (Lipinski definition) is 1. The summed E-state index contributed by atoms with van der Waals surface area (Å²) in [7, 11) is 0.0165. The zero-order chi connectivity index (χ0) is 11.3. The van der Waals surface area contributed by atoms with Gasteiger partial charge in [-0.3, -0.25) is 0 Å². The van der Waals surface area contributed by atoms with E-state index in [9.17, 15) is 8.42 Å². The molecule has 0 fully saturated rings. The number of ether oxygens (including phenoxy) is 1. The van der Waals surface area contributed by atoms with Crippen molar-refractivity contribution < 1.29 is 13.2 Å². The predicted molar refractivity (Wildman–Crippen MR) is 59.9 cm³/mol. The quantitative estimate of drug-likeness (QED) is 0.823. The lowest BCUT2D eigenvalue weighted by Crippen LogP contribution is -2.11. The monoisotopic (exact) mass is 229 g/mol. The summed E-state index contributed by atoms with van der Waals surface area (Å²) in [6, 6.07) is 6.73. The van der Waals surface area contributed by atoms with Gasteiger partial charge in [0.15, 0.2) is 9.84 Å². The molecule has 0 atom stereocenters. The van der Waals surface area contributed by atoms with Crippen molar-refractivity contribution >= 4 is 15.5 Å². The number of rotatable bonds is 5. The maximum absolute atomic E-state index is 11.8. The molecule has 0 saturated carbocycles. The van der Waals surface area contributed by atoms with Crippen LogP contribution in [0.25, 0.3) is 0 Å². The number of methoxy groups -OCH3 is 1. The minimum Gasteiger partial charge on any atom is -0.388 e. The Balaban J connectivity index is 2.94. The molecule has 1 aromatic carbocycles. The van der Waals surface area contributed by atoms with Crippen LogP contribution < -0.4 is 5.32 Å². The highest BCUT2D eigenvalue weighted by molar-refractivity contribution is 7.91. The van der Waals surface area contributed by atoms with Crippen LogP contribution in [0.1, 0.15) is 0 Å². The second kappa shape index (κ2) is 5.14. The molecule has 1 aromatic rings. The third-order valence-electron chi connectivity index (χ3n) is 2.04. The van der Waals surface area contributed by atoms with E-state index in [1.165, 1.54) is 7.11 Å². The average molecular weight is 229 g/mol. The summed E-state index contributed by atoms with van der Waals surface area (Å²) in [6.45, 7) is 0.214. The van der Waals surface area contributed by atoms with Crippen molar-refractivity contribution in [3.8, 4) is 0 Å². The Morgan fingerprint density at radius 1 is 1.40 bits per heavy atom. The molecule has 84 valence electrons. The van der Waals surface area contributed by atoms with Crippen LogP contribution in [0, 0.1) is 0 Å². The normalized spacial score (nSPS) is 11.3.